The number of hydrogen-bond acceptors (Lipinski definition) is 3. The lowest BCUT2D eigenvalue weighted by molar-refractivity contribution is 0.299. The van der Waals surface area contributed by atoms with Crippen LogP contribution in [-0.4, -0.2) is 20.9 Å². The van der Waals surface area contributed by atoms with Gasteiger partial charge in [0, 0.05) is 13.1 Å². The second kappa shape index (κ2) is 6.21. The Labute approximate surface area is 115 Å². The summed E-state index contributed by atoms with van der Waals surface area (Å²) in [7, 11) is 1.76. The number of aryl methyl sites for hydroxylation is 1. The quantitative estimate of drug-likeness (QED) is 0.638. The number of hydrogen-bond donors (Lipinski definition) is 0. The molecule has 0 unspecified atom stereocenters. The minimum Gasteiger partial charge on any atom is -0.487 e. The summed E-state index contributed by atoms with van der Waals surface area (Å²) in [6.07, 6.45) is 1.73. The molecule has 0 aliphatic carbocycles. The smallest absolute Gasteiger partial charge is 0.142 e. The van der Waals surface area contributed by atoms with Crippen molar-refractivity contribution in [1.82, 2.24) is 15.0 Å². The average Bonchev–Trinajstić information content (AvgIpc) is 2.81. The summed E-state index contributed by atoms with van der Waals surface area (Å²) in [6, 6.07) is 4.49. The van der Waals surface area contributed by atoms with E-state index in [-0.39, 0.29) is 12.5 Å². The van der Waals surface area contributed by atoms with Gasteiger partial charge in [-0.25, -0.2) is 4.39 Å². The van der Waals surface area contributed by atoms with Crippen LogP contribution in [0.25, 0.3) is 0 Å². The molecule has 0 radical (unpaired) electrons. The van der Waals surface area contributed by atoms with Crippen LogP contribution in [0.2, 0.25) is 0 Å². The van der Waals surface area contributed by atoms with Gasteiger partial charge >= 0.3 is 0 Å². The zero-order valence-electron chi connectivity index (χ0n) is 10.2. The molecule has 1 aromatic carbocycles. The highest BCUT2D eigenvalue weighted by molar-refractivity contribution is 6.19. The molecule has 2 aromatic rings. The van der Waals surface area contributed by atoms with Crippen molar-refractivity contribution in [1.29, 1.82) is 0 Å². The van der Waals surface area contributed by atoms with Gasteiger partial charge in [0.15, 0.2) is 0 Å². The van der Waals surface area contributed by atoms with E-state index in [0.29, 0.717) is 17.0 Å². The summed E-state index contributed by atoms with van der Waals surface area (Å²) in [5, 5.41) is 7.64. The first-order chi connectivity index (χ1) is 9.19. The summed E-state index contributed by atoms with van der Waals surface area (Å²) in [6.45, 7) is 0.236. The van der Waals surface area contributed by atoms with E-state index < -0.39 is 5.82 Å². The summed E-state index contributed by atoms with van der Waals surface area (Å²) in [5.41, 5.74) is 0.974. The average molecular weight is 280 g/mol. The molecular weight excluding hydrogens is 269 g/mol. The Hall–Kier alpha value is -2.06. The fourth-order valence-electron chi connectivity index (χ4n) is 1.43. The van der Waals surface area contributed by atoms with Gasteiger partial charge in [0.25, 0.3) is 0 Å². The second-order valence-corrected chi connectivity index (χ2v) is 4.02. The maximum Gasteiger partial charge on any atom is 0.142 e. The molecule has 1 heterocycles. The van der Waals surface area contributed by atoms with Gasteiger partial charge in [0.1, 0.15) is 23.9 Å². The maximum absolute atomic E-state index is 13.6. The Morgan fingerprint density at radius 2 is 2.32 bits per heavy atom. The summed E-state index contributed by atoms with van der Waals surface area (Å²) in [4.78, 5) is 0. The van der Waals surface area contributed by atoms with E-state index in [1.807, 2.05) is 0 Å². The lowest BCUT2D eigenvalue weighted by atomic mass is 10.2. The Morgan fingerprint density at radius 3 is 2.95 bits per heavy atom. The van der Waals surface area contributed by atoms with Gasteiger partial charge in [-0.15, -0.1) is 16.7 Å². The lowest BCUT2D eigenvalue weighted by Crippen LogP contribution is -1.97. The molecule has 0 spiro atoms. The van der Waals surface area contributed by atoms with Crippen LogP contribution in [0.15, 0.2) is 24.4 Å². The van der Waals surface area contributed by atoms with E-state index in [4.69, 9.17) is 16.3 Å². The number of alkyl halides is 1. The molecule has 0 saturated carbocycles. The highest BCUT2D eigenvalue weighted by Crippen LogP contribution is 2.17. The molecule has 0 atom stereocenters. The molecule has 98 valence electrons. The first kappa shape index (κ1) is 13.4. The highest BCUT2D eigenvalue weighted by Gasteiger charge is 2.04. The van der Waals surface area contributed by atoms with Crippen molar-refractivity contribution in [3.8, 4) is 17.6 Å². The van der Waals surface area contributed by atoms with Gasteiger partial charge in [-0.2, -0.15) is 0 Å². The predicted octanol–water partition coefficient (Wildman–Crippen LogP) is 2.12. The molecule has 4 nitrogen and oxygen atoms in total. The molecule has 19 heavy (non-hydrogen) atoms. The molecule has 0 N–H and O–H groups in total. The van der Waals surface area contributed by atoms with Crippen LogP contribution in [0.4, 0.5) is 4.39 Å². The normalized spacial score (nSPS) is 9.84. The Morgan fingerprint density at radius 1 is 1.47 bits per heavy atom. The van der Waals surface area contributed by atoms with Crippen molar-refractivity contribution in [3.05, 3.63) is 41.5 Å². The third-order valence-electron chi connectivity index (χ3n) is 2.27. The van der Waals surface area contributed by atoms with Gasteiger partial charge in [-0.1, -0.05) is 17.1 Å². The summed E-state index contributed by atoms with van der Waals surface area (Å²) >= 11 is 5.42. The van der Waals surface area contributed by atoms with E-state index in [1.165, 1.54) is 6.07 Å². The second-order valence-electron chi connectivity index (χ2n) is 3.75. The van der Waals surface area contributed by atoms with E-state index in [2.05, 4.69) is 22.2 Å². The minimum absolute atomic E-state index is 0.171. The van der Waals surface area contributed by atoms with Gasteiger partial charge < -0.3 is 4.74 Å². The molecule has 0 aliphatic heterocycles. The minimum atomic E-state index is -0.436. The van der Waals surface area contributed by atoms with Crippen LogP contribution < -0.4 is 4.74 Å². The molecule has 0 saturated heterocycles. The van der Waals surface area contributed by atoms with Crippen LogP contribution >= 0.6 is 11.6 Å². The Kier molecular flexibility index (Phi) is 4.37. The summed E-state index contributed by atoms with van der Waals surface area (Å²) in [5.74, 6) is 5.38. The Balaban J connectivity index is 2.03. The largest absolute Gasteiger partial charge is 0.487 e. The third-order valence-corrected chi connectivity index (χ3v) is 2.40. The van der Waals surface area contributed by atoms with Crippen LogP contribution in [-0.2, 0) is 13.7 Å². The zero-order chi connectivity index (χ0) is 13.7. The van der Waals surface area contributed by atoms with Gasteiger partial charge in [-0.3, -0.25) is 4.68 Å². The maximum atomic E-state index is 13.6. The number of ether oxygens (including phenoxy) is 1. The zero-order valence-corrected chi connectivity index (χ0v) is 11.0. The van der Waals surface area contributed by atoms with E-state index in [1.54, 1.807) is 30.1 Å². The topological polar surface area (TPSA) is 39.9 Å². The van der Waals surface area contributed by atoms with Crippen molar-refractivity contribution >= 4 is 11.6 Å². The highest BCUT2D eigenvalue weighted by atomic mass is 35.5. The van der Waals surface area contributed by atoms with Crippen molar-refractivity contribution in [2.75, 3.05) is 5.88 Å². The molecular formula is C13H11ClFN3O. The van der Waals surface area contributed by atoms with E-state index in [9.17, 15) is 4.39 Å². The molecule has 2 rings (SSSR count). The molecule has 1 aromatic heterocycles. The first-order valence-electron chi connectivity index (χ1n) is 5.51. The van der Waals surface area contributed by atoms with Crippen molar-refractivity contribution < 1.29 is 9.13 Å². The van der Waals surface area contributed by atoms with Crippen LogP contribution in [0.5, 0.6) is 5.75 Å². The SMILES string of the molecule is Cn1cc(COc2ccc(C#CCCl)c(F)c2)nn1. The van der Waals surface area contributed by atoms with E-state index >= 15 is 0 Å². The fourth-order valence-corrected chi connectivity index (χ4v) is 1.50. The molecule has 0 bridgehead atoms. The van der Waals surface area contributed by atoms with Gasteiger partial charge in [-0.05, 0) is 12.1 Å². The van der Waals surface area contributed by atoms with Crippen molar-refractivity contribution in [3.63, 3.8) is 0 Å². The third kappa shape index (κ3) is 3.70. The van der Waals surface area contributed by atoms with Crippen molar-refractivity contribution in [2.24, 2.45) is 7.05 Å². The number of benzene rings is 1. The standard InChI is InChI=1S/C13H11ClFN3O/c1-18-8-11(16-17-18)9-19-12-5-4-10(3-2-6-14)13(15)7-12/h4-5,7-8H,6,9H2,1H3. The van der Waals surface area contributed by atoms with Crippen LogP contribution in [0, 0.1) is 17.7 Å². The van der Waals surface area contributed by atoms with E-state index in [0.717, 1.165) is 0 Å². The van der Waals surface area contributed by atoms with Crippen LogP contribution in [0.3, 0.4) is 0 Å². The number of aromatic nitrogens is 3. The molecule has 0 fully saturated rings. The lowest BCUT2D eigenvalue weighted by Gasteiger charge is -2.04. The Bertz CT molecular complexity index is 630. The first-order valence-corrected chi connectivity index (χ1v) is 6.05. The number of nitrogens with zero attached hydrogens (tertiary/aromatic N) is 3. The van der Waals surface area contributed by atoms with Gasteiger partial charge in [0.05, 0.1) is 17.6 Å². The molecule has 0 amide bonds. The predicted molar refractivity (Wildman–Crippen MR) is 69.3 cm³/mol. The summed E-state index contributed by atoms with van der Waals surface area (Å²) < 4.78 is 20.6. The molecule has 6 heteroatoms. The monoisotopic (exact) mass is 279 g/mol. The fraction of sp³-hybridized carbons (Fsp3) is 0.231. The molecule has 0 aliphatic rings. The van der Waals surface area contributed by atoms with Crippen LogP contribution in [0.1, 0.15) is 11.3 Å². The van der Waals surface area contributed by atoms with Gasteiger partial charge in [0.2, 0.25) is 0 Å². The number of halogens is 2. The number of rotatable bonds is 3. The van der Waals surface area contributed by atoms with Crippen molar-refractivity contribution in [2.45, 2.75) is 6.61 Å².